The minimum atomic E-state index is 0. The molecule has 1 aromatic rings. The molecule has 3 rings (SSSR count). The van der Waals surface area contributed by atoms with Gasteiger partial charge in [0.1, 0.15) is 11.6 Å². The monoisotopic (exact) mass is 377 g/mol. The number of morpholine rings is 1. The maximum Gasteiger partial charge on any atom is 0.227 e. The van der Waals surface area contributed by atoms with Crippen molar-refractivity contribution < 1.29 is 9.53 Å². The van der Waals surface area contributed by atoms with Crippen molar-refractivity contribution in [1.82, 2.24) is 9.88 Å². The first-order chi connectivity index (χ1) is 10.6. The van der Waals surface area contributed by atoms with Crippen LogP contribution in [0.1, 0.15) is 12.8 Å². The standard InChI is InChI=1S/C15H23N5O2.2ClH/c16-12-3-4-13(18-14(12)17)20-5-1-2-11(10-20)15(21)19-6-8-22-9-7-19;;/h3-4,11H,1-2,5-10,16H2,(H2,17,18);2*1H. The Morgan fingerprint density at radius 2 is 1.88 bits per heavy atom. The van der Waals surface area contributed by atoms with Crippen LogP contribution in [0.3, 0.4) is 0 Å². The molecule has 7 nitrogen and oxygen atoms in total. The van der Waals surface area contributed by atoms with Crippen molar-refractivity contribution in [2.24, 2.45) is 5.92 Å². The summed E-state index contributed by atoms with van der Waals surface area (Å²) in [7, 11) is 0. The Labute approximate surface area is 154 Å². The van der Waals surface area contributed by atoms with Gasteiger partial charge in [-0.2, -0.15) is 0 Å². The van der Waals surface area contributed by atoms with Crippen LogP contribution in [0.25, 0.3) is 0 Å². The lowest BCUT2D eigenvalue weighted by atomic mass is 9.96. The molecule has 2 fully saturated rings. The second kappa shape index (κ2) is 9.15. The third kappa shape index (κ3) is 4.55. The van der Waals surface area contributed by atoms with Gasteiger partial charge in [0.15, 0.2) is 0 Å². The summed E-state index contributed by atoms with van der Waals surface area (Å²) < 4.78 is 5.31. The zero-order valence-corrected chi connectivity index (χ0v) is 15.2. The smallest absolute Gasteiger partial charge is 0.227 e. The van der Waals surface area contributed by atoms with Gasteiger partial charge in [0.2, 0.25) is 5.91 Å². The second-order valence-electron chi connectivity index (χ2n) is 5.87. The van der Waals surface area contributed by atoms with E-state index in [2.05, 4.69) is 9.88 Å². The Balaban J connectivity index is 0.00000144. The number of carbonyl (C=O) groups is 1. The molecule has 1 aromatic heterocycles. The van der Waals surface area contributed by atoms with Gasteiger partial charge in [-0.1, -0.05) is 0 Å². The van der Waals surface area contributed by atoms with E-state index < -0.39 is 0 Å². The average molecular weight is 378 g/mol. The topological polar surface area (TPSA) is 97.7 Å². The summed E-state index contributed by atoms with van der Waals surface area (Å²) >= 11 is 0. The molecule has 0 radical (unpaired) electrons. The number of pyridine rings is 1. The number of carbonyl (C=O) groups excluding carboxylic acids is 1. The van der Waals surface area contributed by atoms with Crippen LogP contribution >= 0.6 is 24.8 Å². The Morgan fingerprint density at radius 3 is 2.54 bits per heavy atom. The van der Waals surface area contributed by atoms with E-state index in [1.807, 2.05) is 11.0 Å². The highest BCUT2D eigenvalue weighted by Gasteiger charge is 2.30. The Hall–Kier alpha value is -1.44. The van der Waals surface area contributed by atoms with Gasteiger partial charge in [0.25, 0.3) is 0 Å². The minimum Gasteiger partial charge on any atom is -0.396 e. The molecular weight excluding hydrogens is 353 g/mol. The summed E-state index contributed by atoms with van der Waals surface area (Å²) in [5, 5.41) is 0. The fraction of sp³-hybridized carbons (Fsp3) is 0.600. The first-order valence-electron chi connectivity index (χ1n) is 7.78. The van der Waals surface area contributed by atoms with Gasteiger partial charge >= 0.3 is 0 Å². The van der Waals surface area contributed by atoms with Crippen molar-refractivity contribution in [1.29, 1.82) is 0 Å². The second-order valence-corrected chi connectivity index (χ2v) is 5.87. The molecule has 2 aliphatic heterocycles. The Bertz CT molecular complexity index is 555. The van der Waals surface area contributed by atoms with E-state index in [4.69, 9.17) is 16.2 Å². The highest BCUT2D eigenvalue weighted by atomic mass is 35.5. The fourth-order valence-electron chi connectivity index (χ4n) is 3.08. The predicted molar refractivity (Wildman–Crippen MR) is 99.9 cm³/mol. The lowest BCUT2D eigenvalue weighted by molar-refractivity contribution is -0.139. The number of ether oxygens (including phenoxy) is 1. The number of nitrogens with zero attached hydrogens (tertiary/aromatic N) is 3. The zero-order valence-electron chi connectivity index (χ0n) is 13.5. The predicted octanol–water partition coefficient (Wildman–Crippen LogP) is 1.16. The molecule has 0 spiro atoms. The van der Waals surface area contributed by atoms with Crippen molar-refractivity contribution in [3.8, 4) is 0 Å². The maximum atomic E-state index is 12.6. The molecule has 2 saturated heterocycles. The van der Waals surface area contributed by atoms with Gasteiger partial charge in [-0.15, -0.1) is 24.8 Å². The van der Waals surface area contributed by atoms with E-state index in [0.717, 1.165) is 25.2 Å². The third-order valence-electron chi connectivity index (χ3n) is 4.36. The maximum absolute atomic E-state index is 12.6. The number of rotatable bonds is 2. The molecule has 0 saturated carbocycles. The molecule has 3 heterocycles. The van der Waals surface area contributed by atoms with E-state index in [1.165, 1.54) is 0 Å². The molecule has 0 bridgehead atoms. The molecule has 136 valence electrons. The number of halogens is 2. The van der Waals surface area contributed by atoms with E-state index >= 15 is 0 Å². The van der Waals surface area contributed by atoms with E-state index in [1.54, 1.807) is 6.07 Å². The van der Waals surface area contributed by atoms with Crippen LogP contribution in [0.5, 0.6) is 0 Å². The normalized spacial score (nSPS) is 20.8. The van der Waals surface area contributed by atoms with Crippen LogP contribution in [0.2, 0.25) is 0 Å². The van der Waals surface area contributed by atoms with Crippen LogP contribution < -0.4 is 16.4 Å². The van der Waals surface area contributed by atoms with E-state index in [0.29, 0.717) is 44.4 Å². The number of anilines is 3. The van der Waals surface area contributed by atoms with Gasteiger partial charge in [-0.3, -0.25) is 4.79 Å². The van der Waals surface area contributed by atoms with Crippen molar-refractivity contribution in [3.05, 3.63) is 12.1 Å². The highest BCUT2D eigenvalue weighted by Crippen LogP contribution is 2.25. The molecule has 2 aliphatic rings. The number of piperidine rings is 1. The minimum absolute atomic E-state index is 0. The Morgan fingerprint density at radius 1 is 1.17 bits per heavy atom. The van der Waals surface area contributed by atoms with Gasteiger partial charge in [0.05, 0.1) is 24.8 Å². The number of nitrogens with two attached hydrogens (primary N) is 2. The van der Waals surface area contributed by atoms with Gasteiger partial charge in [-0.05, 0) is 25.0 Å². The quantitative estimate of drug-likeness (QED) is 0.802. The number of amides is 1. The molecule has 1 unspecified atom stereocenters. The fourth-order valence-corrected chi connectivity index (χ4v) is 3.08. The number of hydrogen-bond donors (Lipinski definition) is 2. The zero-order chi connectivity index (χ0) is 15.5. The molecule has 4 N–H and O–H groups in total. The Kier molecular flexibility index (Phi) is 7.86. The van der Waals surface area contributed by atoms with Gasteiger partial charge < -0.3 is 26.0 Å². The van der Waals surface area contributed by atoms with Crippen molar-refractivity contribution in [3.63, 3.8) is 0 Å². The third-order valence-corrected chi connectivity index (χ3v) is 4.36. The molecule has 24 heavy (non-hydrogen) atoms. The first kappa shape index (κ1) is 20.6. The SMILES string of the molecule is Cl.Cl.Nc1ccc(N2CCCC(C(=O)N3CCOCC3)C2)nc1N. The van der Waals surface area contributed by atoms with Crippen molar-refractivity contribution in [2.75, 3.05) is 55.8 Å². The number of nitrogen functional groups attached to an aromatic ring is 2. The summed E-state index contributed by atoms with van der Waals surface area (Å²) in [5.74, 6) is 1.40. The van der Waals surface area contributed by atoms with E-state index in [-0.39, 0.29) is 36.6 Å². The molecule has 1 amide bonds. The highest BCUT2D eigenvalue weighted by molar-refractivity contribution is 5.85. The average Bonchev–Trinajstić information content (AvgIpc) is 2.57. The van der Waals surface area contributed by atoms with Crippen molar-refractivity contribution in [2.45, 2.75) is 12.8 Å². The summed E-state index contributed by atoms with van der Waals surface area (Å²) in [5.41, 5.74) is 12.0. The molecule has 0 aliphatic carbocycles. The van der Waals surface area contributed by atoms with Crippen LogP contribution in [0.15, 0.2) is 12.1 Å². The molecule has 0 aromatic carbocycles. The summed E-state index contributed by atoms with van der Waals surface area (Å²) in [6.45, 7) is 4.25. The lowest BCUT2D eigenvalue weighted by Crippen LogP contribution is -2.48. The van der Waals surface area contributed by atoms with Crippen LogP contribution in [0, 0.1) is 5.92 Å². The number of hydrogen-bond acceptors (Lipinski definition) is 6. The van der Waals surface area contributed by atoms with Gasteiger partial charge in [-0.25, -0.2) is 4.98 Å². The summed E-state index contributed by atoms with van der Waals surface area (Å²) in [6.07, 6.45) is 1.91. The van der Waals surface area contributed by atoms with E-state index in [9.17, 15) is 4.79 Å². The molecule has 9 heteroatoms. The largest absolute Gasteiger partial charge is 0.396 e. The van der Waals surface area contributed by atoms with Crippen LogP contribution in [0.4, 0.5) is 17.3 Å². The first-order valence-corrected chi connectivity index (χ1v) is 7.78. The van der Waals surface area contributed by atoms with Crippen LogP contribution in [-0.2, 0) is 9.53 Å². The van der Waals surface area contributed by atoms with Crippen molar-refractivity contribution >= 4 is 48.0 Å². The molecule has 1 atom stereocenters. The lowest BCUT2D eigenvalue weighted by Gasteiger charge is -2.36. The summed E-state index contributed by atoms with van der Waals surface area (Å²) in [4.78, 5) is 21.0. The molecular formula is C15H25Cl2N5O2. The van der Waals surface area contributed by atoms with Gasteiger partial charge in [0, 0.05) is 26.2 Å². The number of aromatic nitrogens is 1. The summed E-state index contributed by atoms with van der Waals surface area (Å²) in [6, 6.07) is 3.64. The van der Waals surface area contributed by atoms with Crippen LogP contribution in [-0.4, -0.2) is 55.2 Å².